The average Bonchev–Trinajstić information content (AvgIpc) is 3.06. The third-order valence-corrected chi connectivity index (χ3v) is 4.13. The minimum absolute atomic E-state index is 0.176. The second kappa shape index (κ2) is 8.18. The van der Waals surface area contributed by atoms with Gasteiger partial charge < -0.3 is 15.0 Å². The van der Waals surface area contributed by atoms with Crippen molar-refractivity contribution in [2.75, 3.05) is 6.61 Å². The van der Waals surface area contributed by atoms with Gasteiger partial charge in [-0.05, 0) is 42.8 Å². The maximum absolute atomic E-state index is 13.1. The Labute approximate surface area is 159 Å². The molecule has 0 bridgehead atoms. The van der Waals surface area contributed by atoms with E-state index in [2.05, 4.69) is 15.3 Å². The van der Waals surface area contributed by atoms with Gasteiger partial charge in [0.15, 0.2) is 0 Å². The molecule has 8 heteroatoms. The van der Waals surface area contributed by atoms with E-state index < -0.39 is 17.9 Å². The van der Waals surface area contributed by atoms with Gasteiger partial charge in [0.2, 0.25) is 0 Å². The summed E-state index contributed by atoms with van der Waals surface area (Å²) in [5.41, 5.74) is 1.41. The Bertz CT molecular complexity index is 972. The summed E-state index contributed by atoms with van der Waals surface area (Å²) in [6, 6.07) is 9.78. The number of aromatic amines is 1. The smallest absolute Gasteiger partial charge is 0.328 e. The van der Waals surface area contributed by atoms with Crippen molar-refractivity contribution in [2.45, 2.75) is 19.4 Å². The number of ether oxygens (including phenoxy) is 1. The number of rotatable bonds is 6. The lowest BCUT2D eigenvalue weighted by Crippen LogP contribution is -2.43. The van der Waals surface area contributed by atoms with Gasteiger partial charge >= 0.3 is 5.97 Å². The zero-order valence-corrected chi connectivity index (χ0v) is 15.2. The van der Waals surface area contributed by atoms with Crippen molar-refractivity contribution in [1.82, 2.24) is 15.3 Å². The molecule has 1 amide bonds. The van der Waals surface area contributed by atoms with Crippen LogP contribution in [0.3, 0.4) is 0 Å². The lowest BCUT2D eigenvalue weighted by molar-refractivity contribution is -0.145. The third kappa shape index (κ3) is 4.62. The van der Waals surface area contributed by atoms with Gasteiger partial charge in [0.1, 0.15) is 28.4 Å². The highest BCUT2D eigenvalue weighted by molar-refractivity contribution is 6.29. The predicted molar refractivity (Wildman–Crippen MR) is 99.1 cm³/mol. The Morgan fingerprint density at radius 1 is 1.26 bits per heavy atom. The molecule has 0 aliphatic rings. The molecule has 1 atom stereocenters. The van der Waals surface area contributed by atoms with Crippen LogP contribution in [0.1, 0.15) is 23.0 Å². The number of esters is 1. The number of halogens is 2. The maximum atomic E-state index is 13.1. The quantitative estimate of drug-likeness (QED) is 0.500. The van der Waals surface area contributed by atoms with Crippen molar-refractivity contribution >= 4 is 34.5 Å². The summed E-state index contributed by atoms with van der Waals surface area (Å²) in [6.07, 6.45) is 0.176. The molecule has 0 saturated heterocycles. The zero-order valence-electron chi connectivity index (χ0n) is 14.5. The Morgan fingerprint density at radius 2 is 2.00 bits per heavy atom. The van der Waals surface area contributed by atoms with Gasteiger partial charge in [-0.15, -0.1) is 0 Å². The summed E-state index contributed by atoms with van der Waals surface area (Å²) in [7, 11) is 0. The molecule has 3 aromatic rings. The Balaban J connectivity index is 1.79. The number of amides is 1. The molecule has 0 aliphatic carbocycles. The molecule has 1 aromatic carbocycles. The average molecular weight is 390 g/mol. The Hall–Kier alpha value is -2.93. The standard InChI is InChI=1S/C19H17ClFN3O3/c1-2-27-19(26)15(9-11-3-6-13(21)7-4-11)23-18(25)14-10-12-5-8-16(20)24-17(12)22-14/h3-8,10,15H,2,9H2,1H3,(H,22,24)(H,23,25)/t15-/m0/s1. The first kappa shape index (κ1) is 18.8. The first-order valence-electron chi connectivity index (χ1n) is 8.33. The number of carbonyl (C=O) groups is 2. The van der Waals surface area contributed by atoms with Crippen LogP contribution in [0.5, 0.6) is 0 Å². The highest BCUT2D eigenvalue weighted by Gasteiger charge is 2.24. The van der Waals surface area contributed by atoms with Crippen molar-refractivity contribution in [1.29, 1.82) is 0 Å². The second-order valence-corrected chi connectivity index (χ2v) is 6.25. The van der Waals surface area contributed by atoms with Gasteiger partial charge in [0, 0.05) is 11.8 Å². The number of benzene rings is 1. The van der Waals surface area contributed by atoms with E-state index in [0.717, 1.165) is 5.39 Å². The molecule has 0 saturated carbocycles. The third-order valence-electron chi connectivity index (χ3n) is 3.92. The summed E-state index contributed by atoms with van der Waals surface area (Å²) >= 11 is 5.85. The van der Waals surface area contributed by atoms with E-state index in [1.165, 1.54) is 12.1 Å². The minimum Gasteiger partial charge on any atom is -0.464 e. The van der Waals surface area contributed by atoms with Crippen LogP contribution in [-0.2, 0) is 16.0 Å². The van der Waals surface area contributed by atoms with Crippen molar-refractivity contribution < 1.29 is 18.7 Å². The van der Waals surface area contributed by atoms with Crippen LogP contribution >= 0.6 is 11.6 Å². The van der Waals surface area contributed by atoms with E-state index in [0.29, 0.717) is 16.4 Å². The molecule has 2 heterocycles. The normalized spacial score (nSPS) is 12.0. The van der Waals surface area contributed by atoms with E-state index in [9.17, 15) is 14.0 Å². The van der Waals surface area contributed by atoms with Crippen LogP contribution < -0.4 is 5.32 Å². The molecule has 140 valence electrons. The topological polar surface area (TPSA) is 84.1 Å². The van der Waals surface area contributed by atoms with E-state index in [1.807, 2.05) is 0 Å². The summed E-state index contributed by atoms with van der Waals surface area (Å²) in [4.78, 5) is 31.8. The molecule has 2 N–H and O–H groups in total. The lowest BCUT2D eigenvalue weighted by atomic mass is 10.1. The largest absolute Gasteiger partial charge is 0.464 e. The van der Waals surface area contributed by atoms with Crippen molar-refractivity contribution in [3.8, 4) is 0 Å². The van der Waals surface area contributed by atoms with Gasteiger partial charge in [-0.2, -0.15) is 0 Å². The molecule has 3 rings (SSSR count). The molecule has 0 unspecified atom stereocenters. The molecule has 0 spiro atoms. The SMILES string of the molecule is CCOC(=O)[C@H](Cc1ccc(F)cc1)NC(=O)c1cc2ccc(Cl)nc2[nH]1. The fourth-order valence-electron chi connectivity index (χ4n) is 2.63. The molecular weight excluding hydrogens is 373 g/mol. The summed E-state index contributed by atoms with van der Waals surface area (Å²) in [6.45, 7) is 1.87. The molecule has 27 heavy (non-hydrogen) atoms. The summed E-state index contributed by atoms with van der Waals surface area (Å²) in [5, 5.41) is 3.68. The van der Waals surface area contributed by atoms with E-state index >= 15 is 0 Å². The number of hydrogen-bond donors (Lipinski definition) is 2. The van der Waals surface area contributed by atoms with Crippen LogP contribution in [0.15, 0.2) is 42.5 Å². The van der Waals surface area contributed by atoms with Crippen molar-refractivity contribution in [2.24, 2.45) is 0 Å². The molecular formula is C19H17ClFN3O3. The van der Waals surface area contributed by atoms with Gasteiger partial charge in [-0.3, -0.25) is 4.79 Å². The number of aromatic nitrogens is 2. The molecule has 6 nitrogen and oxygen atoms in total. The van der Waals surface area contributed by atoms with Crippen LogP contribution in [-0.4, -0.2) is 34.5 Å². The van der Waals surface area contributed by atoms with E-state index in [-0.39, 0.29) is 24.5 Å². The zero-order chi connectivity index (χ0) is 19.4. The first-order chi connectivity index (χ1) is 13.0. The van der Waals surface area contributed by atoms with E-state index in [1.54, 1.807) is 37.3 Å². The predicted octanol–water partition coefficient (Wildman–Crippen LogP) is 3.26. The van der Waals surface area contributed by atoms with Crippen LogP contribution in [0.2, 0.25) is 5.15 Å². The minimum atomic E-state index is -0.911. The number of nitrogens with one attached hydrogen (secondary N) is 2. The number of carbonyl (C=O) groups excluding carboxylic acids is 2. The van der Waals surface area contributed by atoms with Gasteiger partial charge in [0.05, 0.1) is 6.61 Å². The monoisotopic (exact) mass is 389 g/mol. The maximum Gasteiger partial charge on any atom is 0.328 e. The summed E-state index contributed by atoms with van der Waals surface area (Å²) < 4.78 is 18.1. The van der Waals surface area contributed by atoms with Gasteiger partial charge in [0.25, 0.3) is 5.91 Å². The number of pyridine rings is 1. The Kier molecular flexibility index (Phi) is 5.71. The molecule has 2 aromatic heterocycles. The number of fused-ring (bicyclic) bond motifs is 1. The van der Waals surface area contributed by atoms with Crippen molar-refractivity contribution in [3.05, 3.63) is 64.7 Å². The number of nitrogens with zero attached hydrogens (tertiary/aromatic N) is 1. The molecule has 0 radical (unpaired) electrons. The van der Waals surface area contributed by atoms with Crippen LogP contribution in [0.25, 0.3) is 11.0 Å². The fraction of sp³-hybridized carbons (Fsp3) is 0.211. The second-order valence-electron chi connectivity index (χ2n) is 5.86. The highest BCUT2D eigenvalue weighted by Crippen LogP contribution is 2.16. The highest BCUT2D eigenvalue weighted by atomic mass is 35.5. The summed E-state index contributed by atoms with van der Waals surface area (Å²) in [5.74, 6) is -1.42. The van der Waals surface area contributed by atoms with Crippen LogP contribution in [0.4, 0.5) is 4.39 Å². The van der Waals surface area contributed by atoms with Crippen LogP contribution in [0, 0.1) is 5.82 Å². The lowest BCUT2D eigenvalue weighted by Gasteiger charge is -2.17. The molecule has 0 fully saturated rings. The van der Waals surface area contributed by atoms with Gasteiger partial charge in [-0.25, -0.2) is 14.2 Å². The molecule has 0 aliphatic heterocycles. The first-order valence-corrected chi connectivity index (χ1v) is 8.71. The Morgan fingerprint density at radius 3 is 2.70 bits per heavy atom. The van der Waals surface area contributed by atoms with Gasteiger partial charge in [-0.1, -0.05) is 23.7 Å². The van der Waals surface area contributed by atoms with Crippen molar-refractivity contribution in [3.63, 3.8) is 0 Å². The fourth-order valence-corrected chi connectivity index (χ4v) is 2.78. The number of H-pyrrole nitrogens is 1. The van der Waals surface area contributed by atoms with E-state index in [4.69, 9.17) is 16.3 Å². The number of hydrogen-bond acceptors (Lipinski definition) is 4.